The number of nitrogens with zero attached hydrogens (tertiary/aromatic N) is 1. The van der Waals surface area contributed by atoms with E-state index >= 15 is 0 Å². The van der Waals surface area contributed by atoms with E-state index in [1.165, 1.54) is 19.2 Å². The summed E-state index contributed by atoms with van der Waals surface area (Å²) in [5.41, 5.74) is -0.592. The van der Waals surface area contributed by atoms with Gasteiger partial charge in [-0.2, -0.15) is 13.2 Å². The van der Waals surface area contributed by atoms with Crippen LogP contribution in [0.25, 0.3) is 0 Å². The van der Waals surface area contributed by atoms with E-state index < -0.39 is 29.3 Å². The summed E-state index contributed by atoms with van der Waals surface area (Å²) >= 11 is 5.93. The molecule has 0 bridgehead atoms. The number of amides is 1. The van der Waals surface area contributed by atoms with Crippen LogP contribution < -0.4 is 0 Å². The van der Waals surface area contributed by atoms with Gasteiger partial charge in [0.2, 0.25) is 0 Å². The highest BCUT2D eigenvalue weighted by molar-refractivity contribution is 6.30. The van der Waals surface area contributed by atoms with Gasteiger partial charge in [-0.1, -0.05) is 35.9 Å². The maximum Gasteiger partial charge on any atom is 0.417 e. The van der Waals surface area contributed by atoms with E-state index in [4.69, 9.17) is 16.4 Å². The molecule has 0 aromatic heterocycles. The van der Waals surface area contributed by atoms with Crippen molar-refractivity contribution in [1.82, 2.24) is 5.06 Å². The second kappa shape index (κ2) is 7.89. The van der Waals surface area contributed by atoms with Crippen molar-refractivity contribution in [3.05, 3.63) is 70.2 Å². The highest BCUT2D eigenvalue weighted by Gasteiger charge is 2.36. The minimum Gasteiger partial charge on any atom is -0.274 e. The SMILES string of the molecule is CON(C(=O)c1ccccc1C(F)(F)F)[C@H](C)Cc1cccc(Cl)c1. The van der Waals surface area contributed by atoms with E-state index in [0.717, 1.165) is 22.8 Å². The first kappa shape index (κ1) is 19.3. The zero-order chi connectivity index (χ0) is 18.6. The summed E-state index contributed by atoms with van der Waals surface area (Å²) in [6.45, 7) is 1.69. The number of rotatable bonds is 5. The summed E-state index contributed by atoms with van der Waals surface area (Å²) in [6, 6.07) is 11.2. The zero-order valence-corrected chi connectivity index (χ0v) is 14.4. The van der Waals surface area contributed by atoms with Crippen molar-refractivity contribution in [3.8, 4) is 0 Å². The third-order valence-corrected chi connectivity index (χ3v) is 3.92. The third kappa shape index (κ3) is 4.74. The Balaban J connectivity index is 2.27. The van der Waals surface area contributed by atoms with Crippen LogP contribution in [0.1, 0.15) is 28.4 Å². The van der Waals surface area contributed by atoms with Crippen molar-refractivity contribution in [2.75, 3.05) is 7.11 Å². The molecular weight excluding hydrogens is 355 g/mol. The molecule has 2 aromatic carbocycles. The van der Waals surface area contributed by atoms with Gasteiger partial charge in [0.15, 0.2) is 0 Å². The molecule has 2 aromatic rings. The van der Waals surface area contributed by atoms with Gasteiger partial charge in [-0.3, -0.25) is 9.63 Å². The van der Waals surface area contributed by atoms with Gasteiger partial charge < -0.3 is 0 Å². The lowest BCUT2D eigenvalue weighted by molar-refractivity contribution is -0.140. The maximum absolute atomic E-state index is 13.1. The Labute approximate surface area is 148 Å². The molecule has 3 nitrogen and oxygen atoms in total. The van der Waals surface area contributed by atoms with Gasteiger partial charge in [0.05, 0.1) is 24.3 Å². The van der Waals surface area contributed by atoms with Crippen molar-refractivity contribution in [3.63, 3.8) is 0 Å². The van der Waals surface area contributed by atoms with Crippen LogP contribution in [0.2, 0.25) is 5.02 Å². The summed E-state index contributed by atoms with van der Waals surface area (Å²) in [4.78, 5) is 17.7. The molecule has 0 unspecified atom stereocenters. The topological polar surface area (TPSA) is 29.5 Å². The van der Waals surface area contributed by atoms with E-state index in [2.05, 4.69) is 0 Å². The van der Waals surface area contributed by atoms with Gasteiger partial charge in [-0.25, -0.2) is 5.06 Å². The first-order valence-corrected chi connectivity index (χ1v) is 7.90. The van der Waals surface area contributed by atoms with Crippen molar-refractivity contribution in [2.24, 2.45) is 0 Å². The summed E-state index contributed by atoms with van der Waals surface area (Å²) in [7, 11) is 1.25. The minimum atomic E-state index is -4.62. The molecule has 2 rings (SSSR count). The number of hydroxylamine groups is 2. The van der Waals surface area contributed by atoms with Gasteiger partial charge in [0.25, 0.3) is 5.91 Å². The Hall–Kier alpha value is -2.05. The van der Waals surface area contributed by atoms with Crippen molar-refractivity contribution in [1.29, 1.82) is 0 Å². The zero-order valence-electron chi connectivity index (χ0n) is 13.7. The average Bonchev–Trinajstić information content (AvgIpc) is 2.54. The van der Waals surface area contributed by atoms with Crippen LogP contribution in [0.5, 0.6) is 0 Å². The highest BCUT2D eigenvalue weighted by Crippen LogP contribution is 2.32. The summed E-state index contributed by atoms with van der Waals surface area (Å²) in [5, 5.41) is 1.49. The highest BCUT2D eigenvalue weighted by atomic mass is 35.5. The lowest BCUT2D eigenvalue weighted by Crippen LogP contribution is -2.39. The second-order valence-corrected chi connectivity index (χ2v) is 5.98. The largest absolute Gasteiger partial charge is 0.417 e. The molecule has 0 aliphatic heterocycles. The molecule has 0 fully saturated rings. The molecular formula is C18H17ClF3NO2. The summed E-state index contributed by atoms with van der Waals surface area (Å²) in [5.74, 6) is -0.843. The smallest absolute Gasteiger partial charge is 0.274 e. The Morgan fingerprint density at radius 2 is 1.88 bits per heavy atom. The van der Waals surface area contributed by atoms with E-state index in [1.54, 1.807) is 25.1 Å². The van der Waals surface area contributed by atoms with Crippen LogP contribution in [0.15, 0.2) is 48.5 Å². The van der Waals surface area contributed by atoms with Crippen molar-refractivity contribution < 1.29 is 22.8 Å². The quantitative estimate of drug-likeness (QED) is 0.693. The van der Waals surface area contributed by atoms with Gasteiger partial charge in [-0.05, 0) is 43.2 Å². The van der Waals surface area contributed by atoms with Crippen LogP contribution >= 0.6 is 11.6 Å². The van der Waals surface area contributed by atoms with Crippen molar-refractivity contribution >= 4 is 17.5 Å². The van der Waals surface area contributed by atoms with Crippen LogP contribution in [-0.2, 0) is 17.4 Å². The predicted octanol–water partition coefficient (Wildman–Crippen LogP) is 4.99. The van der Waals surface area contributed by atoms with Crippen LogP contribution in [0.4, 0.5) is 13.2 Å². The minimum absolute atomic E-state index is 0.383. The molecule has 7 heteroatoms. The first-order chi connectivity index (χ1) is 11.7. The van der Waals surface area contributed by atoms with Crippen LogP contribution in [-0.4, -0.2) is 24.1 Å². The Morgan fingerprint density at radius 1 is 1.20 bits per heavy atom. The third-order valence-electron chi connectivity index (χ3n) is 3.68. The van der Waals surface area contributed by atoms with Gasteiger partial charge in [0, 0.05) is 5.02 Å². The number of benzene rings is 2. The Kier molecular flexibility index (Phi) is 6.08. The van der Waals surface area contributed by atoms with E-state index in [1.807, 2.05) is 6.07 Å². The van der Waals surface area contributed by atoms with Crippen LogP contribution in [0, 0.1) is 0 Å². The molecule has 134 valence electrons. The van der Waals surface area contributed by atoms with E-state index in [9.17, 15) is 18.0 Å². The van der Waals surface area contributed by atoms with Gasteiger partial charge >= 0.3 is 6.18 Å². The lowest BCUT2D eigenvalue weighted by atomic mass is 10.0. The number of carbonyl (C=O) groups is 1. The van der Waals surface area contributed by atoms with Crippen LogP contribution in [0.3, 0.4) is 0 Å². The molecule has 0 saturated heterocycles. The second-order valence-electron chi connectivity index (χ2n) is 5.54. The predicted molar refractivity (Wildman–Crippen MR) is 89.2 cm³/mol. The number of alkyl halides is 3. The van der Waals surface area contributed by atoms with Gasteiger partial charge in [0.1, 0.15) is 0 Å². The molecule has 0 saturated carbocycles. The fourth-order valence-corrected chi connectivity index (χ4v) is 2.80. The molecule has 0 aliphatic carbocycles. The number of hydrogen-bond donors (Lipinski definition) is 0. The monoisotopic (exact) mass is 371 g/mol. The fraction of sp³-hybridized carbons (Fsp3) is 0.278. The molecule has 1 amide bonds. The molecule has 0 radical (unpaired) electrons. The number of carbonyl (C=O) groups excluding carboxylic acids is 1. The number of halogens is 4. The maximum atomic E-state index is 13.1. The van der Waals surface area contributed by atoms with E-state index in [-0.39, 0.29) is 0 Å². The summed E-state index contributed by atoms with van der Waals surface area (Å²) < 4.78 is 39.4. The average molecular weight is 372 g/mol. The molecule has 0 aliphatic rings. The molecule has 1 atom stereocenters. The Morgan fingerprint density at radius 3 is 2.48 bits per heavy atom. The summed E-state index contributed by atoms with van der Waals surface area (Å²) in [6.07, 6.45) is -4.24. The fourth-order valence-electron chi connectivity index (χ4n) is 2.59. The van der Waals surface area contributed by atoms with Gasteiger partial charge in [-0.15, -0.1) is 0 Å². The molecule has 0 heterocycles. The Bertz CT molecular complexity index is 749. The molecule has 25 heavy (non-hydrogen) atoms. The number of hydrogen-bond acceptors (Lipinski definition) is 2. The standard InChI is InChI=1S/C18H17ClF3NO2/c1-12(10-13-6-5-7-14(19)11-13)23(25-2)17(24)15-8-3-4-9-16(15)18(20,21)22/h3-9,11-12H,10H2,1-2H3/t12-/m1/s1. The first-order valence-electron chi connectivity index (χ1n) is 7.52. The molecule has 0 spiro atoms. The normalized spacial score (nSPS) is 12.7. The molecule has 0 N–H and O–H groups in total. The lowest BCUT2D eigenvalue weighted by Gasteiger charge is -2.27. The van der Waals surface area contributed by atoms with E-state index in [0.29, 0.717) is 11.4 Å². The van der Waals surface area contributed by atoms with Crippen molar-refractivity contribution in [2.45, 2.75) is 25.6 Å².